The van der Waals surface area contributed by atoms with Gasteiger partial charge in [0.1, 0.15) is 11.6 Å². The summed E-state index contributed by atoms with van der Waals surface area (Å²) in [5.41, 5.74) is 4.66. The van der Waals surface area contributed by atoms with Crippen LogP contribution in [0.5, 0.6) is 5.75 Å². The molecule has 1 aromatic rings. The quantitative estimate of drug-likeness (QED) is 0.707. The summed E-state index contributed by atoms with van der Waals surface area (Å²) in [5, 5.41) is 3.08. The Morgan fingerprint density at radius 1 is 1.53 bits per heavy atom. The number of halogens is 1. The molecule has 0 heterocycles. The maximum atomic E-state index is 12.9. The number of benzene rings is 1. The van der Waals surface area contributed by atoms with E-state index in [9.17, 15) is 9.18 Å². The molecule has 0 saturated carbocycles. The average molecular weight is 268 g/mol. The molecular weight excluding hydrogens is 247 g/mol. The van der Waals surface area contributed by atoms with E-state index in [0.717, 1.165) is 0 Å². The number of carbonyl (C=O) groups excluding carboxylic acids is 1. The number of rotatable bonds is 8. The molecule has 0 saturated heterocycles. The van der Waals surface area contributed by atoms with Crippen LogP contribution in [0.25, 0.3) is 0 Å². The Bertz CT molecular complexity index is 426. The Labute approximate surface area is 113 Å². The lowest BCUT2D eigenvalue weighted by Gasteiger charge is -2.26. The highest BCUT2D eigenvalue weighted by Crippen LogP contribution is 2.15. The smallest absolute Gasteiger partial charge is 0.237 e. The molecule has 4 nitrogen and oxygen atoms in total. The fourth-order valence-corrected chi connectivity index (χ4v) is 1.86. The first-order chi connectivity index (χ1) is 8.98. The molecule has 0 aromatic heterocycles. The maximum absolute atomic E-state index is 12.9. The fourth-order valence-electron chi connectivity index (χ4n) is 1.86. The van der Waals surface area contributed by atoms with Crippen molar-refractivity contribution in [3.05, 3.63) is 30.1 Å². The largest absolute Gasteiger partial charge is 0.493 e. The first-order valence-electron chi connectivity index (χ1n) is 6.41. The monoisotopic (exact) mass is 268 g/mol. The van der Waals surface area contributed by atoms with Gasteiger partial charge in [-0.15, -0.1) is 0 Å². The number of hydrogen-bond acceptors (Lipinski definition) is 3. The summed E-state index contributed by atoms with van der Waals surface area (Å²) in [5.74, 6) is -0.212. The molecule has 3 N–H and O–H groups in total. The van der Waals surface area contributed by atoms with Gasteiger partial charge in [-0.3, -0.25) is 4.79 Å². The summed E-state index contributed by atoms with van der Waals surface area (Å²) in [6, 6.07) is 5.98. The second-order valence-corrected chi connectivity index (χ2v) is 4.64. The zero-order chi connectivity index (χ0) is 14.3. The molecule has 1 amide bonds. The minimum absolute atomic E-state index is 0.327. The summed E-state index contributed by atoms with van der Waals surface area (Å²) >= 11 is 0. The van der Waals surface area contributed by atoms with Crippen molar-refractivity contribution in [3.63, 3.8) is 0 Å². The van der Waals surface area contributed by atoms with E-state index < -0.39 is 5.54 Å². The highest BCUT2D eigenvalue weighted by molar-refractivity contribution is 5.84. The van der Waals surface area contributed by atoms with Crippen molar-refractivity contribution in [2.75, 3.05) is 13.2 Å². The Kier molecular flexibility index (Phi) is 5.76. The summed E-state index contributed by atoms with van der Waals surface area (Å²) < 4.78 is 18.3. The average Bonchev–Trinajstić information content (AvgIpc) is 2.35. The molecule has 0 aliphatic rings. The van der Waals surface area contributed by atoms with Crippen LogP contribution in [0.3, 0.4) is 0 Å². The van der Waals surface area contributed by atoms with Gasteiger partial charge in [0.15, 0.2) is 0 Å². The SMILES string of the molecule is CCNC(C)(CCCOc1cccc(F)c1)C(N)=O. The third-order valence-corrected chi connectivity index (χ3v) is 3.00. The lowest BCUT2D eigenvalue weighted by molar-refractivity contribution is -0.124. The number of primary amides is 1. The minimum Gasteiger partial charge on any atom is -0.493 e. The molecule has 1 aromatic carbocycles. The van der Waals surface area contributed by atoms with Crippen LogP contribution in [0.4, 0.5) is 4.39 Å². The molecule has 0 fully saturated rings. The van der Waals surface area contributed by atoms with Gasteiger partial charge < -0.3 is 15.8 Å². The maximum Gasteiger partial charge on any atom is 0.237 e. The van der Waals surface area contributed by atoms with Gasteiger partial charge in [-0.2, -0.15) is 0 Å². The van der Waals surface area contributed by atoms with Crippen molar-refractivity contribution < 1.29 is 13.9 Å². The van der Waals surface area contributed by atoms with E-state index in [4.69, 9.17) is 10.5 Å². The molecule has 5 heteroatoms. The Morgan fingerprint density at radius 2 is 2.26 bits per heavy atom. The normalized spacial score (nSPS) is 13.8. The molecule has 0 aliphatic heterocycles. The summed E-state index contributed by atoms with van der Waals surface area (Å²) in [4.78, 5) is 11.4. The first-order valence-corrected chi connectivity index (χ1v) is 6.41. The van der Waals surface area contributed by atoms with E-state index in [1.54, 1.807) is 19.1 Å². The van der Waals surface area contributed by atoms with Crippen LogP contribution in [0.2, 0.25) is 0 Å². The highest BCUT2D eigenvalue weighted by atomic mass is 19.1. The van der Waals surface area contributed by atoms with Crippen LogP contribution < -0.4 is 15.8 Å². The fraction of sp³-hybridized carbons (Fsp3) is 0.500. The number of nitrogens with two attached hydrogens (primary N) is 1. The van der Waals surface area contributed by atoms with Gasteiger partial charge in [0.2, 0.25) is 5.91 Å². The summed E-state index contributed by atoms with van der Waals surface area (Å²) in [6.45, 7) is 4.79. The van der Waals surface area contributed by atoms with Crippen LogP contribution in [0.1, 0.15) is 26.7 Å². The van der Waals surface area contributed by atoms with Crippen molar-refractivity contribution in [2.45, 2.75) is 32.2 Å². The summed E-state index contributed by atoms with van der Waals surface area (Å²) in [7, 11) is 0. The van der Waals surface area contributed by atoms with Crippen molar-refractivity contribution in [3.8, 4) is 5.75 Å². The second-order valence-electron chi connectivity index (χ2n) is 4.64. The van der Waals surface area contributed by atoms with E-state index in [1.807, 2.05) is 6.92 Å². The van der Waals surface area contributed by atoms with Gasteiger partial charge in [0.05, 0.1) is 12.1 Å². The first kappa shape index (κ1) is 15.4. The molecular formula is C14H21FN2O2. The Hall–Kier alpha value is -1.62. The molecule has 1 unspecified atom stereocenters. The van der Waals surface area contributed by atoms with Crippen molar-refractivity contribution in [1.29, 1.82) is 0 Å². The van der Waals surface area contributed by atoms with E-state index in [-0.39, 0.29) is 11.7 Å². The standard InChI is InChI=1S/C14H21FN2O2/c1-3-17-14(2,13(16)18)8-5-9-19-12-7-4-6-11(15)10-12/h4,6-7,10,17H,3,5,8-9H2,1-2H3,(H2,16,18). The van der Waals surface area contributed by atoms with Crippen LogP contribution in [-0.2, 0) is 4.79 Å². The predicted octanol–water partition coefficient (Wildman–Crippen LogP) is 1.84. The zero-order valence-corrected chi connectivity index (χ0v) is 11.4. The minimum atomic E-state index is -0.722. The lowest BCUT2D eigenvalue weighted by atomic mass is 9.95. The molecule has 0 spiro atoms. The number of hydrogen-bond donors (Lipinski definition) is 2. The molecule has 106 valence electrons. The zero-order valence-electron chi connectivity index (χ0n) is 11.4. The number of ether oxygens (including phenoxy) is 1. The van der Waals surface area contributed by atoms with E-state index in [0.29, 0.717) is 31.7 Å². The number of nitrogens with one attached hydrogen (secondary N) is 1. The second kappa shape index (κ2) is 7.09. The van der Waals surface area contributed by atoms with Crippen LogP contribution in [0, 0.1) is 5.82 Å². The van der Waals surface area contributed by atoms with Gasteiger partial charge in [0.25, 0.3) is 0 Å². The number of likely N-dealkylation sites (N-methyl/N-ethyl adjacent to an activating group) is 1. The highest BCUT2D eigenvalue weighted by Gasteiger charge is 2.28. The number of amides is 1. The molecule has 1 atom stereocenters. The molecule has 1 rings (SSSR count). The third-order valence-electron chi connectivity index (χ3n) is 3.00. The van der Waals surface area contributed by atoms with Crippen molar-refractivity contribution in [1.82, 2.24) is 5.32 Å². The Balaban J connectivity index is 2.39. The molecule has 19 heavy (non-hydrogen) atoms. The van der Waals surface area contributed by atoms with Crippen molar-refractivity contribution in [2.24, 2.45) is 5.73 Å². The number of carbonyl (C=O) groups is 1. The van der Waals surface area contributed by atoms with E-state index >= 15 is 0 Å². The van der Waals surface area contributed by atoms with Gasteiger partial charge in [-0.25, -0.2) is 4.39 Å². The van der Waals surface area contributed by atoms with Gasteiger partial charge in [0, 0.05) is 6.07 Å². The van der Waals surface area contributed by atoms with Gasteiger partial charge in [-0.1, -0.05) is 13.0 Å². The topological polar surface area (TPSA) is 64.3 Å². The summed E-state index contributed by atoms with van der Waals surface area (Å²) in [6.07, 6.45) is 1.23. The van der Waals surface area contributed by atoms with E-state index in [2.05, 4.69) is 5.32 Å². The van der Waals surface area contributed by atoms with E-state index in [1.165, 1.54) is 12.1 Å². The van der Waals surface area contributed by atoms with Crippen LogP contribution in [0.15, 0.2) is 24.3 Å². The van der Waals surface area contributed by atoms with Crippen LogP contribution >= 0.6 is 0 Å². The Morgan fingerprint density at radius 3 is 2.84 bits per heavy atom. The van der Waals surface area contributed by atoms with Gasteiger partial charge in [-0.05, 0) is 38.4 Å². The predicted molar refractivity (Wildman–Crippen MR) is 72.4 cm³/mol. The third kappa shape index (κ3) is 4.87. The van der Waals surface area contributed by atoms with Crippen molar-refractivity contribution >= 4 is 5.91 Å². The molecule has 0 radical (unpaired) electrons. The van der Waals surface area contributed by atoms with Gasteiger partial charge >= 0.3 is 0 Å². The molecule has 0 aliphatic carbocycles. The lowest BCUT2D eigenvalue weighted by Crippen LogP contribution is -2.53. The molecule has 0 bridgehead atoms. The van der Waals surface area contributed by atoms with Crippen LogP contribution in [-0.4, -0.2) is 24.6 Å².